The summed E-state index contributed by atoms with van der Waals surface area (Å²) in [6, 6.07) is 0. The predicted molar refractivity (Wildman–Crippen MR) is 141 cm³/mol. The van der Waals surface area contributed by atoms with Gasteiger partial charge in [-0.2, -0.15) is 0 Å². The van der Waals surface area contributed by atoms with Crippen molar-refractivity contribution in [2.75, 3.05) is 0 Å². The fraction of sp³-hybridized carbons (Fsp3) is 0.897. The van der Waals surface area contributed by atoms with E-state index in [1.54, 1.807) is 0 Å². The summed E-state index contributed by atoms with van der Waals surface area (Å²) in [5.74, 6) is 4.16. The molecule has 0 amide bonds. The van der Waals surface area contributed by atoms with Crippen LogP contribution in [0.4, 0.5) is 0 Å². The number of rotatable bonds is 7. The third-order valence-corrected chi connectivity index (χ3v) is 12.0. The second kappa shape index (κ2) is 11.9. The molecule has 10 atom stereocenters. The van der Waals surface area contributed by atoms with E-state index < -0.39 is 16.5 Å². The number of oxime groups is 1. The molecular weight excluding hydrogens is 497 g/mol. The van der Waals surface area contributed by atoms with Gasteiger partial charge < -0.3 is 9.76 Å². The molecule has 0 saturated heterocycles. The van der Waals surface area contributed by atoms with E-state index in [2.05, 4.69) is 58.9 Å². The molecular formula is C29H48NNaO5S. The molecule has 206 valence electrons. The third-order valence-electron chi connectivity index (χ3n) is 11.5. The minimum Gasteiger partial charge on any atom is -0.726 e. The van der Waals surface area contributed by atoms with Crippen LogP contribution in [0.2, 0.25) is 0 Å². The van der Waals surface area contributed by atoms with Crippen molar-refractivity contribution < 1.29 is 51.9 Å². The van der Waals surface area contributed by atoms with E-state index >= 15 is 0 Å². The third kappa shape index (κ3) is 6.07. The van der Waals surface area contributed by atoms with E-state index in [1.807, 2.05) is 0 Å². The van der Waals surface area contributed by atoms with Crippen molar-refractivity contribution in [1.29, 1.82) is 0 Å². The van der Waals surface area contributed by atoms with Crippen LogP contribution in [-0.2, 0) is 14.6 Å². The van der Waals surface area contributed by atoms with Gasteiger partial charge in [0.2, 0.25) is 10.4 Å². The number of hydrogen-bond donors (Lipinski definition) is 1. The average molecular weight is 546 g/mol. The fourth-order valence-corrected chi connectivity index (χ4v) is 10.1. The molecule has 0 aromatic heterocycles. The van der Waals surface area contributed by atoms with Crippen LogP contribution in [-0.4, -0.2) is 30.0 Å². The van der Waals surface area contributed by atoms with Gasteiger partial charge in [0.1, 0.15) is 0 Å². The van der Waals surface area contributed by atoms with E-state index in [1.165, 1.54) is 32.1 Å². The Hall–Kier alpha value is 0.0800. The maximum atomic E-state index is 11.2. The Balaban J connectivity index is 0.00000380. The molecule has 0 heterocycles. The smallest absolute Gasteiger partial charge is 0.726 e. The minimum absolute atomic E-state index is 0. The van der Waals surface area contributed by atoms with Crippen molar-refractivity contribution in [3.05, 3.63) is 12.2 Å². The topological polar surface area (TPSA) is 99.0 Å². The van der Waals surface area contributed by atoms with Crippen molar-refractivity contribution in [3.63, 3.8) is 0 Å². The van der Waals surface area contributed by atoms with Crippen LogP contribution in [0.1, 0.15) is 99.3 Å². The summed E-state index contributed by atoms with van der Waals surface area (Å²) in [5.41, 5.74) is 1.04. The standard InChI is InChI=1S/C29H49NO5S.Na/c1-7-20(18(2)3)9-8-19(4)23-10-11-24-22-17-27(30-31)26-16-21(35-36(32,33)34)12-14-29(26,6)25(22)13-15-28(23,24)5;/h8-9,18-26,31H,7,10-17H2,1-6H3,(H,32,33,34);/q;+1/p-1/b9-8+,30-27-;/t19-,20-,21+,22+,23-,24+,25+,26?,28-,29-;/m1./s1. The Morgan fingerprint density at radius 3 is 2.32 bits per heavy atom. The monoisotopic (exact) mass is 545 g/mol. The fourth-order valence-electron chi connectivity index (χ4n) is 9.58. The van der Waals surface area contributed by atoms with Gasteiger partial charge in [0, 0.05) is 5.92 Å². The van der Waals surface area contributed by atoms with Gasteiger partial charge in [0.05, 0.1) is 11.8 Å². The Labute approximate surface area is 247 Å². The van der Waals surface area contributed by atoms with Gasteiger partial charge in [-0.3, -0.25) is 4.18 Å². The molecule has 4 rings (SSSR count). The number of hydrogen-bond acceptors (Lipinski definition) is 6. The van der Waals surface area contributed by atoms with Crippen molar-refractivity contribution >= 4 is 16.1 Å². The molecule has 4 aliphatic carbocycles. The summed E-state index contributed by atoms with van der Waals surface area (Å²) < 4.78 is 38.6. The minimum atomic E-state index is -4.74. The zero-order chi connectivity index (χ0) is 26.5. The SMILES string of the molecule is CC[C@H](/C=C/[C@@H](C)[C@H]1CC[C@H]2[C@@H]3C/C(=N/O)C4C[C@@H](OS(=O)(=O)[O-])CC[C@]4(C)[C@H]3CC[C@]12C)C(C)C.[Na+]. The second-order valence-electron chi connectivity index (χ2n) is 13.4. The van der Waals surface area contributed by atoms with Gasteiger partial charge in [0.15, 0.2) is 0 Å². The number of fused-ring (bicyclic) bond motifs is 5. The van der Waals surface area contributed by atoms with Gasteiger partial charge in [-0.15, -0.1) is 0 Å². The van der Waals surface area contributed by atoms with Crippen LogP contribution >= 0.6 is 0 Å². The van der Waals surface area contributed by atoms with Crippen molar-refractivity contribution in [2.24, 2.45) is 63.3 Å². The summed E-state index contributed by atoms with van der Waals surface area (Å²) in [6.07, 6.45) is 13.0. The molecule has 1 N–H and O–H groups in total. The first-order valence-electron chi connectivity index (χ1n) is 14.4. The van der Waals surface area contributed by atoms with Gasteiger partial charge in [-0.1, -0.05) is 58.9 Å². The molecule has 0 radical (unpaired) electrons. The van der Waals surface area contributed by atoms with Crippen LogP contribution in [0, 0.1) is 58.2 Å². The summed E-state index contributed by atoms with van der Waals surface area (Å²) in [7, 11) is -4.74. The van der Waals surface area contributed by atoms with Crippen LogP contribution in [0.25, 0.3) is 0 Å². The summed E-state index contributed by atoms with van der Waals surface area (Å²) >= 11 is 0. The summed E-state index contributed by atoms with van der Waals surface area (Å²) in [5, 5.41) is 13.8. The van der Waals surface area contributed by atoms with Crippen LogP contribution in [0.3, 0.4) is 0 Å². The molecule has 1 unspecified atom stereocenters. The van der Waals surface area contributed by atoms with Gasteiger partial charge in [-0.25, -0.2) is 8.42 Å². The average Bonchev–Trinajstić information content (AvgIpc) is 3.15. The number of nitrogens with zero attached hydrogens (tertiary/aromatic N) is 1. The Bertz CT molecular complexity index is 967. The molecule has 0 aromatic rings. The van der Waals surface area contributed by atoms with Gasteiger partial charge >= 0.3 is 29.6 Å². The van der Waals surface area contributed by atoms with Crippen molar-refractivity contribution in [1.82, 2.24) is 0 Å². The maximum Gasteiger partial charge on any atom is 1.00 e. The van der Waals surface area contributed by atoms with Gasteiger partial charge in [-0.05, 0) is 110 Å². The molecule has 4 aliphatic rings. The molecule has 4 fully saturated rings. The Kier molecular flexibility index (Phi) is 10.2. The zero-order valence-electron chi connectivity index (χ0n) is 24.2. The normalized spacial score (nSPS) is 42.6. The molecule has 0 aromatic carbocycles. The largest absolute Gasteiger partial charge is 1.00 e. The van der Waals surface area contributed by atoms with Crippen molar-refractivity contribution in [2.45, 2.75) is 105 Å². The van der Waals surface area contributed by atoms with E-state index in [0.717, 1.165) is 18.6 Å². The molecule has 4 saturated carbocycles. The zero-order valence-corrected chi connectivity index (χ0v) is 27.0. The van der Waals surface area contributed by atoms with Crippen LogP contribution < -0.4 is 29.6 Å². The molecule has 8 heteroatoms. The first-order chi connectivity index (χ1) is 16.8. The summed E-state index contributed by atoms with van der Waals surface area (Å²) in [6.45, 7) is 14.2. The molecule has 0 bridgehead atoms. The number of allylic oxidation sites excluding steroid dienone is 2. The molecule has 6 nitrogen and oxygen atoms in total. The van der Waals surface area contributed by atoms with Crippen LogP contribution in [0.5, 0.6) is 0 Å². The first-order valence-corrected chi connectivity index (χ1v) is 15.7. The van der Waals surface area contributed by atoms with Gasteiger partial charge in [0.25, 0.3) is 0 Å². The molecule has 0 aliphatic heterocycles. The molecule has 37 heavy (non-hydrogen) atoms. The van der Waals surface area contributed by atoms with E-state index in [9.17, 15) is 18.2 Å². The Morgan fingerprint density at radius 2 is 1.73 bits per heavy atom. The van der Waals surface area contributed by atoms with E-state index in [4.69, 9.17) is 4.18 Å². The first kappa shape index (κ1) is 31.6. The van der Waals surface area contributed by atoms with E-state index in [0.29, 0.717) is 59.7 Å². The molecule has 0 spiro atoms. The quantitative estimate of drug-likeness (QED) is 0.131. The maximum absolute atomic E-state index is 11.2. The van der Waals surface area contributed by atoms with Crippen LogP contribution in [0.15, 0.2) is 17.3 Å². The summed E-state index contributed by atoms with van der Waals surface area (Å²) in [4.78, 5) is 0. The second-order valence-corrected chi connectivity index (χ2v) is 14.4. The van der Waals surface area contributed by atoms with E-state index in [-0.39, 0.29) is 40.9 Å². The van der Waals surface area contributed by atoms with Crippen molar-refractivity contribution in [3.8, 4) is 0 Å². The Morgan fingerprint density at radius 1 is 1.08 bits per heavy atom. The predicted octanol–water partition coefficient (Wildman–Crippen LogP) is 3.81.